The molecule has 0 spiro atoms. The second-order valence-corrected chi connectivity index (χ2v) is 6.76. The van der Waals surface area contributed by atoms with Crippen molar-refractivity contribution in [2.45, 2.75) is 38.8 Å². The molecule has 0 aliphatic carbocycles. The fourth-order valence-corrected chi connectivity index (χ4v) is 4.12. The molecule has 21 heavy (non-hydrogen) atoms. The molecule has 0 aromatic heterocycles. The zero-order chi connectivity index (χ0) is 14.8. The van der Waals surface area contributed by atoms with Crippen LogP contribution < -0.4 is 10.1 Å². The monoisotopic (exact) mass is 288 g/mol. The number of ether oxygens (including phenoxy) is 1. The van der Waals surface area contributed by atoms with Crippen LogP contribution in [-0.2, 0) is 6.42 Å². The van der Waals surface area contributed by atoms with Crippen molar-refractivity contribution in [3.05, 3.63) is 29.8 Å². The minimum Gasteiger partial charge on any atom is -0.497 e. The molecule has 2 aliphatic rings. The lowest BCUT2D eigenvalue weighted by atomic mass is 9.95. The molecule has 4 atom stereocenters. The summed E-state index contributed by atoms with van der Waals surface area (Å²) in [5.41, 5.74) is 1.41. The Kier molecular flexibility index (Phi) is 4.51. The first kappa shape index (κ1) is 14.9. The molecule has 0 bridgehead atoms. The Bertz CT molecular complexity index is 459. The van der Waals surface area contributed by atoms with Gasteiger partial charge in [0.2, 0.25) is 0 Å². The lowest BCUT2D eigenvalue weighted by Crippen LogP contribution is -2.39. The molecule has 116 valence electrons. The zero-order valence-corrected chi connectivity index (χ0v) is 13.5. The van der Waals surface area contributed by atoms with Crippen molar-refractivity contribution in [3.8, 4) is 5.75 Å². The van der Waals surface area contributed by atoms with Crippen molar-refractivity contribution in [1.29, 1.82) is 0 Å². The number of aryl methyl sites for hydroxylation is 1. The van der Waals surface area contributed by atoms with E-state index in [0.717, 1.165) is 30.0 Å². The van der Waals surface area contributed by atoms with Crippen LogP contribution in [0.15, 0.2) is 24.3 Å². The highest BCUT2D eigenvalue weighted by molar-refractivity contribution is 5.27. The second kappa shape index (κ2) is 6.37. The molecule has 1 aromatic carbocycles. The number of methoxy groups -OCH3 is 1. The van der Waals surface area contributed by atoms with Crippen LogP contribution in [0.5, 0.6) is 5.75 Å². The molecule has 4 unspecified atom stereocenters. The SMILES string of the molecule is COc1ccc(CCC(C)N2CC3CNCC3C2C)cc1. The predicted molar refractivity (Wildman–Crippen MR) is 86.8 cm³/mol. The summed E-state index contributed by atoms with van der Waals surface area (Å²) in [5.74, 6) is 2.69. The highest BCUT2D eigenvalue weighted by atomic mass is 16.5. The Morgan fingerprint density at radius 3 is 2.71 bits per heavy atom. The fourth-order valence-electron chi connectivity index (χ4n) is 4.12. The summed E-state index contributed by atoms with van der Waals surface area (Å²) in [7, 11) is 1.72. The van der Waals surface area contributed by atoms with Crippen LogP contribution in [0.25, 0.3) is 0 Å². The van der Waals surface area contributed by atoms with Gasteiger partial charge < -0.3 is 10.1 Å². The van der Waals surface area contributed by atoms with Crippen LogP contribution in [0, 0.1) is 11.8 Å². The number of benzene rings is 1. The van der Waals surface area contributed by atoms with Crippen LogP contribution in [0.4, 0.5) is 0 Å². The van der Waals surface area contributed by atoms with E-state index in [1.54, 1.807) is 7.11 Å². The molecular weight excluding hydrogens is 260 g/mol. The van der Waals surface area contributed by atoms with E-state index >= 15 is 0 Å². The Morgan fingerprint density at radius 1 is 1.29 bits per heavy atom. The van der Waals surface area contributed by atoms with Gasteiger partial charge in [-0.05, 0) is 69.3 Å². The molecule has 3 heteroatoms. The topological polar surface area (TPSA) is 24.5 Å². The molecule has 0 radical (unpaired) electrons. The smallest absolute Gasteiger partial charge is 0.118 e. The second-order valence-electron chi connectivity index (χ2n) is 6.76. The summed E-state index contributed by atoms with van der Waals surface area (Å²) in [5, 5.41) is 3.54. The first-order valence-corrected chi connectivity index (χ1v) is 8.28. The molecule has 3 rings (SSSR count). The lowest BCUT2D eigenvalue weighted by molar-refractivity contribution is 0.173. The zero-order valence-electron chi connectivity index (χ0n) is 13.5. The summed E-state index contributed by atoms with van der Waals surface area (Å²) in [6.07, 6.45) is 2.39. The van der Waals surface area contributed by atoms with E-state index in [1.165, 1.54) is 31.6 Å². The standard InChI is InChI=1S/C18H28N2O/c1-13(4-5-15-6-8-17(21-3)9-7-15)20-12-16-10-19-11-18(16)14(20)2/h6-9,13-14,16,18-19H,4-5,10-12H2,1-3H3. The number of fused-ring (bicyclic) bond motifs is 1. The van der Waals surface area contributed by atoms with Crippen molar-refractivity contribution in [2.75, 3.05) is 26.7 Å². The van der Waals surface area contributed by atoms with Gasteiger partial charge >= 0.3 is 0 Å². The third kappa shape index (κ3) is 3.09. The average molecular weight is 288 g/mol. The van der Waals surface area contributed by atoms with E-state index in [0.29, 0.717) is 6.04 Å². The molecular formula is C18H28N2O. The molecule has 2 aliphatic heterocycles. The number of nitrogens with zero attached hydrogens (tertiary/aromatic N) is 1. The van der Waals surface area contributed by atoms with Gasteiger partial charge in [-0.1, -0.05) is 12.1 Å². The molecule has 3 nitrogen and oxygen atoms in total. The molecule has 0 saturated carbocycles. The van der Waals surface area contributed by atoms with Crippen LogP contribution in [-0.4, -0.2) is 43.7 Å². The summed E-state index contributed by atoms with van der Waals surface area (Å²) < 4.78 is 5.22. The van der Waals surface area contributed by atoms with Crippen LogP contribution in [0.2, 0.25) is 0 Å². The fraction of sp³-hybridized carbons (Fsp3) is 0.667. The van der Waals surface area contributed by atoms with E-state index in [4.69, 9.17) is 4.74 Å². The summed E-state index contributed by atoms with van der Waals surface area (Å²) in [6.45, 7) is 8.53. The number of hydrogen-bond donors (Lipinski definition) is 1. The Morgan fingerprint density at radius 2 is 2.05 bits per heavy atom. The highest BCUT2D eigenvalue weighted by Crippen LogP contribution is 2.34. The van der Waals surface area contributed by atoms with E-state index in [2.05, 4.69) is 48.3 Å². The molecule has 0 amide bonds. The van der Waals surface area contributed by atoms with Crippen molar-refractivity contribution in [2.24, 2.45) is 11.8 Å². The van der Waals surface area contributed by atoms with E-state index < -0.39 is 0 Å². The van der Waals surface area contributed by atoms with Gasteiger partial charge in [-0.15, -0.1) is 0 Å². The quantitative estimate of drug-likeness (QED) is 0.901. The van der Waals surface area contributed by atoms with Gasteiger partial charge in [-0.25, -0.2) is 0 Å². The van der Waals surface area contributed by atoms with Gasteiger partial charge in [0.25, 0.3) is 0 Å². The van der Waals surface area contributed by atoms with E-state index in [1.807, 2.05) is 0 Å². The van der Waals surface area contributed by atoms with Crippen LogP contribution in [0.1, 0.15) is 25.8 Å². The molecule has 2 heterocycles. The predicted octanol–water partition coefficient (Wildman–Crippen LogP) is 2.56. The first-order chi connectivity index (χ1) is 10.2. The van der Waals surface area contributed by atoms with Crippen LogP contribution in [0.3, 0.4) is 0 Å². The third-order valence-electron chi connectivity index (χ3n) is 5.56. The largest absolute Gasteiger partial charge is 0.497 e. The molecule has 2 fully saturated rings. The molecule has 2 saturated heterocycles. The van der Waals surface area contributed by atoms with E-state index in [-0.39, 0.29) is 0 Å². The first-order valence-electron chi connectivity index (χ1n) is 8.28. The van der Waals surface area contributed by atoms with Crippen molar-refractivity contribution < 1.29 is 4.74 Å². The summed E-state index contributed by atoms with van der Waals surface area (Å²) in [6, 6.07) is 9.92. The number of likely N-dealkylation sites (tertiary alicyclic amines) is 1. The van der Waals surface area contributed by atoms with Gasteiger partial charge in [0, 0.05) is 18.6 Å². The summed E-state index contributed by atoms with van der Waals surface area (Å²) >= 11 is 0. The Balaban J connectivity index is 1.53. The molecule has 1 aromatic rings. The summed E-state index contributed by atoms with van der Waals surface area (Å²) in [4.78, 5) is 2.74. The van der Waals surface area contributed by atoms with Crippen molar-refractivity contribution in [3.63, 3.8) is 0 Å². The van der Waals surface area contributed by atoms with Gasteiger partial charge in [0.1, 0.15) is 5.75 Å². The normalized spacial score (nSPS) is 30.3. The number of nitrogens with one attached hydrogen (secondary N) is 1. The number of rotatable bonds is 5. The maximum atomic E-state index is 5.22. The minimum atomic E-state index is 0.674. The number of hydrogen-bond acceptors (Lipinski definition) is 3. The van der Waals surface area contributed by atoms with Crippen molar-refractivity contribution >= 4 is 0 Å². The third-order valence-corrected chi connectivity index (χ3v) is 5.56. The highest BCUT2D eigenvalue weighted by Gasteiger charge is 2.42. The Labute approximate surface area is 128 Å². The van der Waals surface area contributed by atoms with Gasteiger partial charge in [0.05, 0.1) is 7.11 Å². The van der Waals surface area contributed by atoms with Gasteiger partial charge in [-0.2, -0.15) is 0 Å². The van der Waals surface area contributed by atoms with Gasteiger partial charge in [-0.3, -0.25) is 4.90 Å². The van der Waals surface area contributed by atoms with Crippen molar-refractivity contribution in [1.82, 2.24) is 10.2 Å². The lowest BCUT2D eigenvalue weighted by Gasteiger charge is -2.30. The average Bonchev–Trinajstić information content (AvgIpc) is 3.09. The molecule has 1 N–H and O–H groups in total. The maximum Gasteiger partial charge on any atom is 0.118 e. The minimum absolute atomic E-state index is 0.674. The van der Waals surface area contributed by atoms with E-state index in [9.17, 15) is 0 Å². The van der Waals surface area contributed by atoms with Crippen LogP contribution >= 0.6 is 0 Å². The maximum absolute atomic E-state index is 5.22. The van der Waals surface area contributed by atoms with Gasteiger partial charge in [0.15, 0.2) is 0 Å². The Hall–Kier alpha value is -1.06.